The van der Waals surface area contributed by atoms with Crippen molar-refractivity contribution in [2.24, 2.45) is 0 Å². The van der Waals surface area contributed by atoms with Crippen LogP contribution in [0, 0.1) is 0 Å². The minimum Gasteiger partial charge on any atom is -0.479 e. The minimum absolute atomic E-state index is 0.107. The fourth-order valence-corrected chi connectivity index (χ4v) is 1.65. The van der Waals surface area contributed by atoms with Crippen molar-refractivity contribution in [1.82, 2.24) is 5.32 Å². The Morgan fingerprint density at radius 3 is 3.00 bits per heavy atom. The summed E-state index contributed by atoms with van der Waals surface area (Å²) in [6.07, 6.45) is -0.425. The third-order valence-corrected chi connectivity index (χ3v) is 2.61. The molecule has 92 valence electrons. The van der Waals surface area contributed by atoms with Gasteiger partial charge < -0.3 is 20.7 Å². The van der Waals surface area contributed by atoms with E-state index in [0.29, 0.717) is 0 Å². The van der Waals surface area contributed by atoms with Crippen molar-refractivity contribution in [3.05, 3.63) is 18.2 Å². The van der Waals surface area contributed by atoms with E-state index in [1.54, 1.807) is 6.92 Å². The van der Waals surface area contributed by atoms with Crippen molar-refractivity contribution in [3.8, 4) is 5.75 Å². The molecule has 1 heterocycles. The lowest BCUT2D eigenvalue weighted by atomic mass is 10.2. The Morgan fingerprint density at radius 2 is 2.24 bits per heavy atom. The molecule has 1 atom stereocenters. The van der Waals surface area contributed by atoms with E-state index in [9.17, 15) is 4.79 Å². The van der Waals surface area contributed by atoms with Crippen LogP contribution in [0.3, 0.4) is 0 Å². The van der Waals surface area contributed by atoms with E-state index < -0.39 is 6.10 Å². The zero-order chi connectivity index (χ0) is 12.3. The summed E-state index contributed by atoms with van der Waals surface area (Å²) < 4.78 is 5.47. The number of carbonyl (C=O) groups excluding carboxylic acids is 1. The predicted octanol–water partition coefficient (Wildman–Crippen LogP) is 1.04. The van der Waals surface area contributed by atoms with Crippen LogP contribution >= 0.6 is 0 Å². The number of likely N-dealkylation sites (N-methyl/N-ethyl adjacent to an activating group) is 1. The summed E-state index contributed by atoms with van der Waals surface area (Å²) in [6, 6.07) is 5.69. The second kappa shape index (κ2) is 5.05. The van der Waals surface area contributed by atoms with Gasteiger partial charge in [-0.1, -0.05) is 0 Å². The summed E-state index contributed by atoms with van der Waals surface area (Å²) in [5.74, 6) is 0.612. The lowest BCUT2D eigenvalue weighted by Crippen LogP contribution is -2.34. The third-order valence-electron chi connectivity index (χ3n) is 2.61. The van der Waals surface area contributed by atoms with Gasteiger partial charge in [-0.3, -0.25) is 4.79 Å². The molecular formula is C12H17N3O2. The average molecular weight is 235 g/mol. The molecule has 5 heteroatoms. The van der Waals surface area contributed by atoms with E-state index in [1.807, 2.05) is 25.2 Å². The molecule has 0 bridgehead atoms. The van der Waals surface area contributed by atoms with Crippen LogP contribution in [-0.4, -0.2) is 32.1 Å². The molecular weight excluding hydrogens is 218 g/mol. The molecule has 1 amide bonds. The fourth-order valence-electron chi connectivity index (χ4n) is 1.65. The zero-order valence-electron chi connectivity index (χ0n) is 10.0. The highest BCUT2D eigenvalue weighted by Crippen LogP contribution is 2.31. The zero-order valence-corrected chi connectivity index (χ0v) is 10.0. The molecule has 1 aliphatic rings. The van der Waals surface area contributed by atoms with Crippen molar-refractivity contribution >= 4 is 17.3 Å². The summed E-state index contributed by atoms with van der Waals surface area (Å²) in [5, 5.41) is 9.13. The summed E-state index contributed by atoms with van der Waals surface area (Å²) in [4.78, 5) is 11.5. The Balaban J connectivity index is 2.09. The molecule has 1 aliphatic heterocycles. The number of hydrogen-bond donors (Lipinski definition) is 3. The summed E-state index contributed by atoms with van der Waals surface area (Å²) in [6.45, 7) is 3.45. The van der Waals surface area contributed by atoms with E-state index in [2.05, 4.69) is 16.0 Å². The number of anilines is 2. The number of carbonyl (C=O) groups is 1. The number of nitrogens with one attached hydrogen (secondary N) is 3. The van der Waals surface area contributed by atoms with Crippen LogP contribution < -0.4 is 20.7 Å². The SMILES string of the molecule is CNCCNc1ccc2c(c1)NC(=O)C(C)O2. The largest absolute Gasteiger partial charge is 0.479 e. The molecule has 1 unspecified atom stereocenters. The van der Waals surface area contributed by atoms with Crippen molar-refractivity contribution in [1.29, 1.82) is 0 Å². The Kier molecular flexibility index (Phi) is 3.49. The molecule has 0 radical (unpaired) electrons. The quantitative estimate of drug-likeness (QED) is 0.682. The third kappa shape index (κ3) is 2.68. The van der Waals surface area contributed by atoms with Gasteiger partial charge in [-0.15, -0.1) is 0 Å². The first kappa shape index (κ1) is 11.7. The van der Waals surface area contributed by atoms with E-state index in [0.717, 1.165) is 30.2 Å². The number of fused-ring (bicyclic) bond motifs is 1. The molecule has 0 fully saturated rings. The maximum atomic E-state index is 11.5. The lowest BCUT2D eigenvalue weighted by Gasteiger charge is -2.23. The average Bonchev–Trinajstić information content (AvgIpc) is 2.31. The van der Waals surface area contributed by atoms with Gasteiger partial charge in [0.25, 0.3) is 5.91 Å². The lowest BCUT2D eigenvalue weighted by molar-refractivity contribution is -0.122. The number of benzene rings is 1. The highest BCUT2D eigenvalue weighted by Gasteiger charge is 2.23. The van der Waals surface area contributed by atoms with Crippen molar-refractivity contribution in [2.75, 3.05) is 30.8 Å². The van der Waals surface area contributed by atoms with Crippen LogP contribution in [0.2, 0.25) is 0 Å². The topological polar surface area (TPSA) is 62.4 Å². The van der Waals surface area contributed by atoms with Crippen LogP contribution in [0.5, 0.6) is 5.75 Å². The van der Waals surface area contributed by atoms with Crippen molar-refractivity contribution in [2.45, 2.75) is 13.0 Å². The van der Waals surface area contributed by atoms with Gasteiger partial charge in [0, 0.05) is 18.8 Å². The Hall–Kier alpha value is -1.75. The molecule has 2 rings (SSSR count). The second-order valence-corrected chi connectivity index (χ2v) is 3.99. The number of amides is 1. The molecule has 0 spiro atoms. The monoisotopic (exact) mass is 235 g/mol. The van der Waals surface area contributed by atoms with Gasteiger partial charge in [-0.25, -0.2) is 0 Å². The Bertz CT molecular complexity index is 420. The normalized spacial score (nSPS) is 18.0. The molecule has 3 N–H and O–H groups in total. The Morgan fingerprint density at radius 1 is 1.41 bits per heavy atom. The molecule has 0 aliphatic carbocycles. The van der Waals surface area contributed by atoms with E-state index in [4.69, 9.17) is 4.74 Å². The van der Waals surface area contributed by atoms with E-state index in [-0.39, 0.29) is 5.91 Å². The molecule has 17 heavy (non-hydrogen) atoms. The van der Waals surface area contributed by atoms with Crippen LogP contribution in [0.4, 0.5) is 11.4 Å². The van der Waals surface area contributed by atoms with Crippen molar-refractivity contribution < 1.29 is 9.53 Å². The summed E-state index contributed by atoms with van der Waals surface area (Å²) in [5.41, 5.74) is 1.69. The first-order chi connectivity index (χ1) is 8.20. The molecule has 0 saturated carbocycles. The maximum Gasteiger partial charge on any atom is 0.265 e. The fraction of sp³-hybridized carbons (Fsp3) is 0.417. The van der Waals surface area contributed by atoms with Crippen molar-refractivity contribution in [3.63, 3.8) is 0 Å². The summed E-state index contributed by atoms with van der Waals surface area (Å²) >= 11 is 0. The van der Waals surface area contributed by atoms with Gasteiger partial charge in [-0.2, -0.15) is 0 Å². The highest BCUT2D eigenvalue weighted by molar-refractivity contribution is 5.98. The first-order valence-corrected chi connectivity index (χ1v) is 5.71. The maximum absolute atomic E-state index is 11.5. The second-order valence-electron chi connectivity index (χ2n) is 3.99. The van der Waals surface area contributed by atoms with E-state index in [1.165, 1.54) is 0 Å². The van der Waals surface area contributed by atoms with Gasteiger partial charge in [0.05, 0.1) is 5.69 Å². The number of rotatable bonds is 4. The van der Waals surface area contributed by atoms with Gasteiger partial charge in [0.15, 0.2) is 6.10 Å². The minimum atomic E-state index is -0.425. The highest BCUT2D eigenvalue weighted by atomic mass is 16.5. The van der Waals surface area contributed by atoms with Gasteiger partial charge in [0.1, 0.15) is 5.75 Å². The van der Waals surface area contributed by atoms with Gasteiger partial charge in [-0.05, 0) is 32.2 Å². The molecule has 1 aromatic rings. The first-order valence-electron chi connectivity index (χ1n) is 5.71. The predicted molar refractivity (Wildman–Crippen MR) is 67.6 cm³/mol. The molecule has 5 nitrogen and oxygen atoms in total. The summed E-state index contributed by atoms with van der Waals surface area (Å²) in [7, 11) is 1.91. The van der Waals surface area contributed by atoms with Crippen LogP contribution in [-0.2, 0) is 4.79 Å². The smallest absolute Gasteiger partial charge is 0.265 e. The van der Waals surface area contributed by atoms with Crippen LogP contribution in [0.25, 0.3) is 0 Å². The van der Waals surface area contributed by atoms with Crippen LogP contribution in [0.1, 0.15) is 6.92 Å². The molecule has 0 aromatic heterocycles. The molecule has 1 aromatic carbocycles. The standard InChI is InChI=1S/C12H17N3O2/c1-8-12(16)15-10-7-9(14-6-5-13-2)3-4-11(10)17-8/h3-4,7-8,13-14H,5-6H2,1-2H3,(H,15,16). The van der Waals surface area contributed by atoms with Crippen LogP contribution in [0.15, 0.2) is 18.2 Å². The van der Waals surface area contributed by atoms with E-state index >= 15 is 0 Å². The Labute approximate surface area is 101 Å². The van der Waals surface area contributed by atoms with Gasteiger partial charge >= 0.3 is 0 Å². The molecule has 0 saturated heterocycles. The number of ether oxygens (including phenoxy) is 1. The number of hydrogen-bond acceptors (Lipinski definition) is 4. The van der Waals surface area contributed by atoms with Gasteiger partial charge in [0.2, 0.25) is 0 Å².